The van der Waals surface area contributed by atoms with Crippen LogP contribution in [0.4, 0.5) is 0 Å². The number of carbonyl (C=O) groups is 1. The predicted octanol–water partition coefficient (Wildman–Crippen LogP) is 2.62. The summed E-state index contributed by atoms with van der Waals surface area (Å²) in [5.41, 5.74) is 7.31. The number of rotatable bonds is 6. The van der Waals surface area contributed by atoms with E-state index in [1.165, 1.54) is 0 Å². The summed E-state index contributed by atoms with van der Waals surface area (Å²) in [4.78, 5) is 16.8. The van der Waals surface area contributed by atoms with Crippen LogP contribution in [0.25, 0.3) is 10.9 Å². The van der Waals surface area contributed by atoms with E-state index in [1.54, 1.807) is 0 Å². The fourth-order valence-electron chi connectivity index (χ4n) is 2.54. The zero-order chi connectivity index (χ0) is 15.3. The maximum absolute atomic E-state index is 12.4. The van der Waals surface area contributed by atoms with E-state index in [2.05, 4.69) is 16.4 Å². The second-order valence-electron chi connectivity index (χ2n) is 5.41. The molecule has 0 aliphatic carbocycles. The van der Waals surface area contributed by atoms with Gasteiger partial charge in [-0.2, -0.15) is 0 Å². The number of amides is 1. The average molecular weight is 285 g/mol. The molecule has 0 spiro atoms. The Morgan fingerprint density at radius 3 is 2.67 bits per heavy atom. The molecule has 21 heavy (non-hydrogen) atoms. The van der Waals surface area contributed by atoms with Gasteiger partial charge in [0.25, 0.3) is 0 Å². The van der Waals surface area contributed by atoms with Crippen LogP contribution in [0.5, 0.6) is 0 Å². The van der Waals surface area contributed by atoms with Crippen LogP contribution in [0.1, 0.15) is 32.3 Å². The maximum Gasteiger partial charge on any atom is 0.227 e. The molecule has 0 saturated heterocycles. The summed E-state index contributed by atoms with van der Waals surface area (Å²) in [5, 5.41) is 4.08. The first-order valence-electron chi connectivity index (χ1n) is 7.47. The molecule has 3 N–H and O–H groups in total. The standard InChI is InChI=1S/C17H23N3O/c1-3-17(4-2,12-18)16(21)20-11-13-9-14-7-5-6-8-15(14)19-10-13/h5-10H,3-4,11-12,18H2,1-2H3,(H,20,21). The highest BCUT2D eigenvalue weighted by molar-refractivity contribution is 5.83. The number of benzene rings is 1. The highest BCUT2D eigenvalue weighted by Crippen LogP contribution is 2.25. The Kier molecular flexibility index (Phi) is 4.91. The van der Waals surface area contributed by atoms with Crippen molar-refractivity contribution < 1.29 is 4.79 Å². The minimum absolute atomic E-state index is 0.0307. The zero-order valence-corrected chi connectivity index (χ0v) is 12.7. The third-order valence-corrected chi connectivity index (χ3v) is 4.33. The molecule has 1 aromatic heterocycles. The summed E-state index contributed by atoms with van der Waals surface area (Å²) < 4.78 is 0. The van der Waals surface area contributed by atoms with Crippen LogP contribution in [-0.2, 0) is 11.3 Å². The van der Waals surface area contributed by atoms with Crippen LogP contribution < -0.4 is 11.1 Å². The third kappa shape index (κ3) is 3.22. The van der Waals surface area contributed by atoms with Gasteiger partial charge in [0, 0.05) is 24.7 Å². The van der Waals surface area contributed by atoms with Gasteiger partial charge in [0.05, 0.1) is 10.9 Å². The van der Waals surface area contributed by atoms with Crippen molar-refractivity contribution in [2.45, 2.75) is 33.2 Å². The molecule has 0 aliphatic heterocycles. The molecule has 1 aromatic carbocycles. The Hall–Kier alpha value is -1.94. The second kappa shape index (κ2) is 6.68. The Morgan fingerprint density at radius 1 is 1.29 bits per heavy atom. The number of hydrogen-bond acceptors (Lipinski definition) is 3. The van der Waals surface area contributed by atoms with Crippen molar-refractivity contribution in [3.63, 3.8) is 0 Å². The highest BCUT2D eigenvalue weighted by atomic mass is 16.2. The van der Waals surface area contributed by atoms with Crippen molar-refractivity contribution in [3.05, 3.63) is 42.1 Å². The number of nitrogens with one attached hydrogen (secondary N) is 1. The van der Waals surface area contributed by atoms with Crippen molar-refractivity contribution >= 4 is 16.8 Å². The lowest BCUT2D eigenvalue weighted by Crippen LogP contribution is -2.45. The van der Waals surface area contributed by atoms with Crippen LogP contribution in [0.3, 0.4) is 0 Å². The first-order valence-corrected chi connectivity index (χ1v) is 7.47. The van der Waals surface area contributed by atoms with Gasteiger partial charge in [-0.15, -0.1) is 0 Å². The lowest BCUT2D eigenvalue weighted by molar-refractivity contribution is -0.131. The minimum atomic E-state index is -0.454. The first-order chi connectivity index (χ1) is 10.1. The van der Waals surface area contributed by atoms with Crippen molar-refractivity contribution in [1.82, 2.24) is 10.3 Å². The molecule has 0 aliphatic rings. The maximum atomic E-state index is 12.4. The van der Waals surface area contributed by atoms with Gasteiger partial charge in [-0.3, -0.25) is 9.78 Å². The van der Waals surface area contributed by atoms with Crippen molar-refractivity contribution in [1.29, 1.82) is 0 Å². The zero-order valence-electron chi connectivity index (χ0n) is 12.7. The Bertz CT molecular complexity index is 612. The molecule has 1 heterocycles. The summed E-state index contributed by atoms with van der Waals surface area (Å²) >= 11 is 0. The monoisotopic (exact) mass is 285 g/mol. The van der Waals surface area contributed by atoms with Crippen molar-refractivity contribution in [2.24, 2.45) is 11.1 Å². The first kappa shape index (κ1) is 15.4. The summed E-state index contributed by atoms with van der Waals surface area (Å²) in [6, 6.07) is 10.0. The normalized spacial score (nSPS) is 11.6. The average Bonchev–Trinajstić information content (AvgIpc) is 2.55. The molecule has 0 radical (unpaired) electrons. The summed E-state index contributed by atoms with van der Waals surface area (Å²) in [6.07, 6.45) is 3.31. The van der Waals surface area contributed by atoms with Crippen LogP contribution in [0, 0.1) is 5.41 Å². The molecule has 4 nitrogen and oxygen atoms in total. The summed E-state index contributed by atoms with van der Waals surface area (Å²) in [6.45, 7) is 4.88. The van der Waals surface area contributed by atoms with Gasteiger partial charge in [-0.25, -0.2) is 0 Å². The summed E-state index contributed by atoms with van der Waals surface area (Å²) in [7, 11) is 0. The number of aromatic nitrogens is 1. The van der Waals surface area contributed by atoms with E-state index in [-0.39, 0.29) is 5.91 Å². The quantitative estimate of drug-likeness (QED) is 0.857. The highest BCUT2D eigenvalue weighted by Gasteiger charge is 2.32. The van der Waals surface area contributed by atoms with Gasteiger partial charge in [0.2, 0.25) is 5.91 Å². The molecular weight excluding hydrogens is 262 g/mol. The van der Waals surface area contributed by atoms with E-state index in [9.17, 15) is 4.79 Å². The van der Waals surface area contributed by atoms with Crippen LogP contribution >= 0.6 is 0 Å². The lowest BCUT2D eigenvalue weighted by Gasteiger charge is -2.28. The molecule has 1 amide bonds. The van der Waals surface area contributed by atoms with Crippen LogP contribution in [0.15, 0.2) is 36.5 Å². The molecule has 0 saturated carbocycles. The topological polar surface area (TPSA) is 68.0 Å². The molecule has 0 unspecified atom stereocenters. The van der Waals surface area contributed by atoms with Crippen LogP contribution in [0.2, 0.25) is 0 Å². The van der Waals surface area contributed by atoms with Gasteiger partial charge < -0.3 is 11.1 Å². The largest absolute Gasteiger partial charge is 0.351 e. The van der Waals surface area contributed by atoms with Gasteiger partial charge in [-0.05, 0) is 30.5 Å². The Labute approximate surface area is 125 Å². The van der Waals surface area contributed by atoms with E-state index in [0.29, 0.717) is 13.1 Å². The molecule has 112 valence electrons. The van der Waals surface area contributed by atoms with Gasteiger partial charge in [0.1, 0.15) is 0 Å². The van der Waals surface area contributed by atoms with Crippen molar-refractivity contribution in [2.75, 3.05) is 6.54 Å². The minimum Gasteiger partial charge on any atom is -0.351 e. The third-order valence-electron chi connectivity index (χ3n) is 4.33. The molecule has 2 rings (SSSR count). The Morgan fingerprint density at radius 2 is 2.00 bits per heavy atom. The van der Waals surface area contributed by atoms with E-state index in [4.69, 9.17) is 5.73 Å². The van der Waals surface area contributed by atoms with E-state index < -0.39 is 5.41 Å². The molecule has 0 bridgehead atoms. The van der Waals surface area contributed by atoms with Crippen molar-refractivity contribution in [3.8, 4) is 0 Å². The Balaban J connectivity index is 2.09. The SMILES string of the molecule is CCC(CC)(CN)C(=O)NCc1cnc2ccccc2c1. The second-order valence-corrected chi connectivity index (χ2v) is 5.41. The number of fused-ring (bicyclic) bond motifs is 1. The molecule has 0 fully saturated rings. The number of para-hydroxylation sites is 1. The number of nitrogens with two attached hydrogens (primary N) is 1. The smallest absolute Gasteiger partial charge is 0.227 e. The lowest BCUT2D eigenvalue weighted by atomic mass is 9.81. The van der Waals surface area contributed by atoms with E-state index >= 15 is 0 Å². The molecular formula is C17H23N3O. The number of nitrogens with zero attached hydrogens (tertiary/aromatic N) is 1. The molecule has 2 aromatic rings. The van der Waals surface area contributed by atoms with Gasteiger partial charge in [0.15, 0.2) is 0 Å². The van der Waals surface area contributed by atoms with E-state index in [0.717, 1.165) is 29.3 Å². The summed E-state index contributed by atoms with van der Waals surface area (Å²) in [5.74, 6) is 0.0307. The molecule has 0 atom stereocenters. The van der Waals surface area contributed by atoms with Gasteiger partial charge >= 0.3 is 0 Å². The van der Waals surface area contributed by atoms with Gasteiger partial charge in [-0.1, -0.05) is 32.0 Å². The number of hydrogen-bond donors (Lipinski definition) is 2. The fourth-order valence-corrected chi connectivity index (χ4v) is 2.54. The van der Waals surface area contributed by atoms with E-state index in [1.807, 2.05) is 44.3 Å². The predicted molar refractivity (Wildman–Crippen MR) is 85.7 cm³/mol. The molecule has 4 heteroatoms. The fraction of sp³-hybridized carbons (Fsp3) is 0.412. The number of pyridine rings is 1. The van der Waals surface area contributed by atoms with Crippen LogP contribution in [-0.4, -0.2) is 17.4 Å². The number of carbonyl (C=O) groups excluding carboxylic acids is 1.